The summed E-state index contributed by atoms with van der Waals surface area (Å²) in [6.45, 7) is 7.42. The Kier molecular flexibility index (Phi) is 2.98. The number of carbonyl (C=O) groups excluding carboxylic acids is 1. The first kappa shape index (κ1) is 14.0. The van der Waals surface area contributed by atoms with Crippen LogP contribution in [0.1, 0.15) is 72.1 Å². The molecule has 0 spiro atoms. The number of hydrogen-bond donors (Lipinski definition) is 0. The molecule has 0 aromatic rings. The maximum atomic E-state index is 12.0. The summed E-state index contributed by atoms with van der Waals surface area (Å²) < 4.78 is 0. The zero-order valence-electron chi connectivity index (χ0n) is 14.0. The van der Waals surface area contributed by atoms with Crippen molar-refractivity contribution >= 4 is 5.78 Å². The fourth-order valence-corrected chi connectivity index (χ4v) is 6.93. The van der Waals surface area contributed by atoms with Crippen LogP contribution in [0.2, 0.25) is 0 Å². The highest BCUT2D eigenvalue weighted by molar-refractivity contribution is 5.92. The van der Waals surface area contributed by atoms with Crippen molar-refractivity contribution in [3.63, 3.8) is 0 Å². The van der Waals surface area contributed by atoms with E-state index in [9.17, 15) is 4.79 Å². The normalized spacial score (nSPS) is 52.7. The summed E-state index contributed by atoms with van der Waals surface area (Å²) in [5.41, 5.74) is 2.47. The smallest absolute Gasteiger partial charge is 0.155 e. The van der Waals surface area contributed by atoms with E-state index in [0.29, 0.717) is 22.5 Å². The first-order valence-corrected chi connectivity index (χ1v) is 9.19. The predicted molar refractivity (Wildman–Crippen MR) is 85.9 cm³/mol. The minimum absolute atomic E-state index is 0.320. The lowest BCUT2D eigenvalue weighted by Gasteiger charge is -2.59. The molecule has 0 N–H and O–H groups in total. The molecule has 0 heterocycles. The molecule has 4 aliphatic carbocycles. The van der Waals surface area contributed by atoms with Crippen molar-refractivity contribution < 1.29 is 4.79 Å². The molecule has 21 heavy (non-hydrogen) atoms. The topological polar surface area (TPSA) is 17.1 Å². The highest BCUT2D eigenvalue weighted by Gasteiger charge is 2.57. The molecule has 0 bridgehead atoms. The Bertz CT molecular complexity index is 504. The Hall–Kier alpha value is -0.590. The van der Waals surface area contributed by atoms with E-state index in [1.165, 1.54) is 50.5 Å². The Morgan fingerprint density at radius 2 is 1.90 bits per heavy atom. The van der Waals surface area contributed by atoms with Crippen LogP contribution in [0.15, 0.2) is 11.6 Å². The molecule has 0 radical (unpaired) electrons. The summed E-state index contributed by atoms with van der Waals surface area (Å²) in [6, 6.07) is 0. The molecule has 4 aliphatic rings. The first-order valence-electron chi connectivity index (χ1n) is 9.19. The van der Waals surface area contributed by atoms with Crippen LogP contribution in [0, 0.1) is 34.5 Å². The van der Waals surface area contributed by atoms with Gasteiger partial charge in [-0.1, -0.05) is 32.8 Å². The van der Waals surface area contributed by atoms with Gasteiger partial charge in [-0.15, -0.1) is 0 Å². The van der Waals surface area contributed by atoms with Crippen LogP contribution in [0.3, 0.4) is 0 Å². The first-order chi connectivity index (χ1) is 9.95. The van der Waals surface area contributed by atoms with Crippen molar-refractivity contribution in [1.82, 2.24) is 0 Å². The van der Waals surface area contributed by atoms with Crippen molar-refractivity contribution in [3.05, 3.63) is 11.6 Å². The van der Waals surface area contributed by atoms with Gasteiger partial charge in [0.05, 0.1) is 0 Å². The molecular formula is C20H30O. The molecule has 3 fully saturated rings. The van der Waals surface area contributed by atoms with E-state index in [0.717, 1.165) is 24.2 Å². The van der Waals surface area contributed by atoms with Crippen molar-refractivity contribution in [1.29, 1.82) is 0 Å². The number of fused-ring (bicyclic) bond motifs is 5. The second kappa shape index (κ2) is 4.46. The SMILES string of the molecule is CC1CC(=O)C=C2CC[C@H]3[C@@H]4CCC[C@@]4(C)CC[C@@H]3[C@]21C. The van der Waals surface area contributed by atoms with Crippen LogP contribution < -0.4 is 0 Å². The molecule has 0 amide bonds. The van der Waals surface area contributed by atoms with Gasteiger partial charge in [0.1, 0.15) is 0 Å². The van der Waals surface area contributed by atoms with E-state index in [2.05, 4.69) is 20.8 Å². The molecule has 0 aliphatic heterocycles. The van der Waals surface area contributed by atoms with Gasteiger partial charge in [-0.2, -0.15) is 0 Å². The lowest BCUT2D eigenvalue weighted by Crippen LogP contribution is -2.52. The van der Waals surface area contributed by atoms with Gasteiger partial charge >= 0.3 is 0 Å². The lowest BCUT2D eigenvalue weighted by molar-refractivity contribution is -0.120. The van der Waals surface area contributed by atoms with Crippen molar-refractivity contribution in [3.8, 4) is 0 Å². The molecule has 1 nitrogen and oxygen atoms in total. The van der Waals surface area contributed by atoms with Crippen molar-refractivity contribution in [2.75, 3.05) is 0 Å². The summed E-state index contributed by atoms with van der Waals surface area (Å²) in [5, 5.41) is 0. The van der Waals surface area contributed by atoms with Gasteiger partial charge in [-0.3, -0.25) is 4.79 Å². The largest absolute Gasteiger partial charge is 0.295 e. The standard InChI is InChI=1S/C20H30O/c1-13-11-15(21)12-14-6-7-16-17-5-4-9-19(17,2)10-8-18(16)20(13,14)3/h12-13,16-18H,4-11H2,1-3H3/t13?,16-,17-,18-,19-,20-/m0/s1. The van der Waals surface area contributed by atoms with Crippen molar-refractivity contribution in [2.24, 2.45) is 34.5 Å². The van der Waals surface area contributed by atoms with E-state index >= 15 is 0 Å². The van der Waals surface area contributed by atoms with E-state index < -0.39 is 0 Å². The third-order valence-electron chi connectivity index (χ3n) is 8.29. The quantitative estimate of drug-likeness (QED) is 0.601. The molecule has 3 saturated carbocycles. The van der Waals surface area contributed by atoms with Crippen LogP contribution in [0.5, 0.6) is 0 Å². The fourth-order valence-electron chi connectivity index (χ4n) is 6.93. The number of allylic oxidation sites excluding steroid dienone is 1. The lowest BCUT2D eigenvalue weighted by atomic mass is 9.45. The minimum Gasteiger partial charge on any atom is -0.295 e. The van der Waals surface area contributed by atoms with Gasteiger partial charge in [0.2, 0.25) is 0 Å². The zero-order chi connectivity index (χ0) is 14.8. The molecule has 0 aromatic carbocycles. The average molecular weight is 286 g/mol. The summed E-state index contributed by atoms with van der Waals surface area (Å²) in [5.74, 6) is 3.68. The summed E-state index contributed by atoms with van der Waals surface area (Å²) in [7, 11) is 0. The van der Waals surface area contributed by atoms with Crippen LogP contribution in [0.4, 0.5) is 0 Å². The Morgan fingerprint density at radius 1 is 1.10 bits per heavy atom. The summed E-state index contributed by atoms with van der Waals surface area (Å²) >= 11 is 0. The molecule has 4 rings (SSSR count). The second-order valence-electron chi connectivity index (χ2n) is 9.02. The Balaban J connectivity index is 1.73. The van der Waals surface area contributed by atoms with Crippen LogP contribution >= 0.6 is 0 Å². The van der Waals surface area contributed by atoms with E-state index in [1.807, 2.05) is 6.08 Å². The molecule has 116 valence electrons. The molecule has 1 unspecified atom stereocenters. The molecule has 6 atom stereocenters. The highest BCUT2D eigenvalue weighted by atomic mass is 16.1. The van der Waals surface area contributed by atoms with Gasteiger partial charge < -0.3 is 0 Å². The van der Waals surface area contributed by atoms with E-state index in [-0.39, 0.29) is 0 Å². The monoisotopic (exact) mass is 286 g/mol. The fraction of sp³-hybridized carbons (Fsp3) is 0.850. The van der Waals surface area contributed by atoms with Gasteiger partial charge in [-0.05, 0) is 79.1 Å². The molecule has 0 aromatic heterocycles. The average Bonchev–Trinajstić information content (AvgIpc) is 2.82. The maximum Gasteiger partial charge on any atom is 0.155 e. The van der Waals surface area contributed by atoms with Gasteiger partial charge in [-0.25, -0.2) is 0 Å². The predicted octanol–water partition coefficient (Wildman–Crippen LogP) is 5.15. The molecular weight excluding hydrogens is 256 g/mol. The molecule has 0 saturated heterocycles. The third kappa shape index (κ3) is 1.79. The van der Waals surface area contributed by atoms with Crippen LogP contribution in [-0.2, 0) is 4.79 Å². The van der Waals surface area contributed by atoms with Gasteiger partial charge in [0, 0.05) is 6.42 Å². The minimum atomic E-state index is 0.320. The van der Waals surface area contributed by atoms with Crippen LogP contribution in [0.25, 0.3) is 0 Å². The van der Waals surface area contributed by atoms with Gasteiger partial charge in [0.25, 0.3) is 0 Å². The maximum absolute atomic E-state index is 12.0. The van der Waals surface area contributed by atoms with Crippen molar-refractivity contribution in [2.45, 2.75) is 72.1 Å². The Labute approximate surface area is 129 Å². The number of rotatable bonds is 0. The summed E-state index contributed by atoms with van der Waals surface area (Å²) in [6.07, 6.45) is 12.6. The summed E-state index contributed by atoms with van der Waals surface area (Å²) in [4.78, 5) is 12.0. The second-order valence-corrected chi connectivity index (χ2v) is 9.02. The highest BCUT2D eigenvalue weighted by Crippen LogP contribution is 2.66. The van der Waals surface area contributed by atoms with E-state index in [1.54, 1.807) is 0 Å². The van der Waals surface area contributed by atoms with E-state index in [4.69, 9.17) is 0 Å². The number of hydrogen-bond acceptors (Lipinski definition) is 1. The number of carbonyl (C=O) groups is 1. The molecule has 1 heteroatoms. The van der Waals surface area contributed by atoms with Crippen LogP contribution in [-0.4, -0.2) is 5.78 Å². The Morgan fingerprint density at radius 3 is 2.71 bits per heavy atom. The number of ketones is 1. The third-order valence-corrected chi connectivity index (χ3v) is 8.29. The zero-order valence-corrected chi connectivity index (χ0v) is 14.0. The van der Waals surface area contributed by atoms with Gasteiger partial charge in [0.15, 0.2) is 5.78 Å².